The lowest BCUT2D eigenvalue weighted by atomic mass is 10.1. The molecule has 3 aromatic rings. The highest BCUT2D eigenvalue weighted by molar-refractivity contribution is 7.92. The third-order valence-corrected chi connectivity index (χ3v) is 5.99. The van der Waals surface area contributed by atoms with Gasteiger partial charge in [0.15, 0.2) is 0 Å². The minimum absolute atomic E-state index is 0.0634. The molecule has 33 heavy (non-hydrogen) atoms. The van der Waals surface area contributed by atoms with Crippen LogP contribution in [0.15, 0.2) is 76.7 Å². The van der Waals surface area contributed by atoms with Crippen molar-refractivity contribution in [3.05, 3.63) is 97.5 Å². The van der Waals surface area contributed by atoms with E-state index in [9.17, 15) is 28.6 Å². The number of nitro groups is 2. The average molecular weight is 490 g/mol. The molecule has 0 aliphatic heterocycles. The van der Waals surface area contributed by atoms with Crippen molar-refractivity contribution in [1.29, 1.82) is 0 Å². The Bertz CT molecular complexity index is 1380. The van der Waals surface area contributed by atoms with Crippen molar-refractivity contribution in [2.24, 2.45) is 5.10 Å². The van der Waals surface area contributed by atoms with Crippen LogP contribution in [0.2, 0.25) is 5.02 Å². The number of nitrogens with one attached hydrogen (secondary N) is 2. The average Bonchev–Trinajstić information content (AvgIpc) is 2.77. The van der Waals surface area contributed by atoms with Gasteiger partial charge in [0.2, 0.25) is 0 Å². The molecule has 0 heterocycles. The third kappa shape index (κ3) is 5.81. The SMILES string of the molecule is C/C(=N\Nc1ccc(S(=O)(=O)Nc2cccc(Cl)c2)cc1[N+](=O)[O-])c1cccc([N+](=O)[O-])c1. The predicted octanol–water partition coefficient (Wildman–Crippen LogP) is 4.79. The number of non-ortho nitro benzene ring substituents is 1. The molecule has 2 N–H and O–H groups in total. The lowest BCUT2D eigenvalue weighted by Crippen LogP contribution is -2.13. The monoisotopic (exact) mass is 489 g/mol. The summed E-state index contributed by atoms with van der Waals surface area (Å²) < 4.78 is 27.6. The van der Waals surface area contributed by atoms with Crippen LogP contribution >= 0.6 is 11.6 Å². The first-order valence-electron chi connectivity index (χ1n) is 9.19. The Morgan fingerprint density at radius 1 is 0.970 bits per heavy atom. The maximum atomic E-state index is 12.7. The Balaban J connectivity index is 1.88. The van der Waals surface area contributed by atoms with Gasteiger partial charge in [-0.05, 0) is 37.3 Å². The molecule has 0 unspecified atom stereocenters. The maximum absolute atomic E-state index is 12.7. The first-order valence-corrected chi connectivity index (χ1v) is 11.0. The highest BCUT2D eigenvalue weighted by Gasteiger charge is 2.22. The van der Waals surface area contributed by atoms with Gasteiger partial charge in [-0.25, -0.2) is 8.42 Å². The van der Waals surface area contributed by atoms with Crippen LogP contribution in [0.3, 0.4) is 0 Å². The van der Waals surface area contributed by atoms with E-state index < -0.39 is 25.6 Å². The molecule has 0 saturated heterocycles. The van der Waals surface area contributed by atoms with Crippen LogP contribution in [-0.2, 0) is 10.0 Å². The van der Waals surface area contributed by atoms with Gasteiger partial charge in [-0.1, -0.05) is 29.8 Å². The maximum Gasteiger partial charge on any atom is 0.295 e. The minimum Gasteiger partial charge on any atom is -0.280 e. The molecular formula is C20H16ClN5O6S. The Kier molecular flexibility index (Phi) is 6.89. The molecule has 0 radical (unpaired) electrons. The lowest BCUT2D eigenvalue weighted by Gasteiger charge is -2.10. The highest BCUT2D eigenvalue weighted by atomic mass is 35.5. The summed E-state index contributed by atoms with van der Waals surface area (Å²) in [4.78, 5) is 20.8. The molecule has 13 heteroatoms. The van der Waals surface area contributed by atoms with Crippen LogP contribution in [0.4, 0.5) is 22.7 Å². The molecule has 0 atom stereocenters. The van der Waals surface area contributed by atoms with E-state index in [0.29, 0.717) is 16.3 Å². The van der Waals surface area contributed by atoms with Gasteiger partial charge in [-0.15, -0.1) is 0 Å². The van der Waals surface area contributed by atoms with Gasteiger partial charge in [0.1, 0.15) is 5.69 Å². The topological polar surface area (TPSA) is 157 Å². The van der Waals surface area contributed by atoms with Crippen molar-refractivity contribution in [2.45, 2.75) is 11.8 Å². The van der Waals surface area contributed by atoms with E-state index in [1.165, 1.54) is 42.5 Å². The third-order valence-electron chi connectivity index (χ3n) is 4.37. The first kappa shape index (κ1) is 23.6. The summed E-state index contributed by atoms with van der Waals surface area (Å²) in [5.41, 5.74) is 2.76. The molecule has 0 aromatic heterocycles. The molecule has 0 fully saturated rings. The van der Waals surface area contributed by atoms with Crippen LogP contribution in [0.5, 0.6) is 0 Å². The fourth-order valence-electron chi connectivity index (χ4n) is 2.74. The van der Waals surface area contributed by atoms with E-state index in [-0.39, 0.29) is 22.0 Å². The molecule has 0 aliphatic carbocycles. The first-order chi connectivity index (χ1) is 15.6. The van der Waals surface area contributed by atoms with E-state index in [4.69, 9.17) is 11.6 Å². The number of anilines is 2. The van der Waals surface area contributed by atoms with Gasteiger partial charge in [0.05, 0.1) is 26.1 Å². The summed E-state index contributed by atoms with van der Waals surface area (Å²) >= 11 is 5.86. The van der Waals surface area contributed by atoms with Gasteiger partial charge in [0, 0.05) is 28.8 Å². The molecule has 170 valence electrons. The van der Waals surface area contributed by atoms with Crippen molar-refractivity contribution in [2.75, 3.05) is 10.1 Å². The largest absolute Gasteiger partial charge is 0.295 e. The van der Waals surface area contributed by atoms with Gasteiger partial charge in [0.25, 0.3) is 21.4 Å². The summed E-state index contributed by atoms with van der Waals surface area (Å²) in [6.45, 7) is 1.56. The summed E-state index contributed by atoms with van der Waals surface area (Å²) in [6, 6.07) is 15.0. The lowest BCUT2D eigenvalue weighted by molar-refractivity contribution is -0.384. The molecule has 3 aromatic carbocycles. The number of hydrogen-bond donors (Lipinski definition) is 2. The van der Waals surface area contributed by atoms with Crippen molar-refractivity contribution >= 4 is 50.1 Å². The van der Waals surface area contributed by atoms with Crippen molar-refractivity contribution in [1.82, 2.24) is 0 Å². The fraction of sp³-hybridized carbons (Fsp3) is 0.0500. The number of hydrazone groups is 1. The number of sulfonamides is 1. The predicted molar refractivity (Wildman–Crippen MR) is 124 cm³/mol. The van der Waals surface area contributed by atoms with Gasteiger partial charge >= 0.3 is 0 Å². The van der Waals surface area contributed by atoms with Crippen molar-refractivity contribution in [3.63, 3.8) is 0 Å². The van der Waals surface area contributed by atoms with E-state index in [2.05, 4.69) is 15.2 Å². The van der Waals surface area contributed by atoms with Gasteiger partial charge < -0.3 is 0 Å². The quantitative estimate of drug-likeness (QED) is 0.261. The van der Waals surface area contributed by atoms with Crippen LogP contribution in [0.25, 0.3) is 0 Å². The summed E-state index contributed by atoms with van der Waals surface area (Å²) in [5.74, 6) is 0. The highest BCUT2D eigenvalue weighted by Crippen LogP contribution is 2.29. The fourth-order valence-corrected chi connectivity index (χ4v) is 4.00. The second-order valence-corrected chi connectivity index (χ2v) is 8.79. The number of hydrogen-bond acceptors (Lipinski definition) is 8. The summed E-state index contributed by atoms with van der Waals surface area (Å²) in [5, 5.41) is 26.8. The number of nitro benzene ring substituents is 2. The second kappa shape index (κ2) is 9.63. The molecule has 0 spiro atoms. The van der Waals surface area contributed by atoms with E-state index >= 15 is 0 Å². The molecule has 3 rings (SSSR count). The summed E-state index contributed by atoms with van der Waals surface area (Å²) in [6.07, 6.45) is 0. The molecule has 0 saturated carbocycles. The molecular weight excluding hydrogens is 474 g/mol. The Hall–Kier alpha value is -4.03. The minimum atomic E-state index is -4.13. The van der Waals surface area contributed by atoms with Gasteiger partial charge in [-0.2, -0.15) is 5.10 Å². The molecule has 0 aliphatic rings. The smallest absolute Gasteiger partial charge is 0.280 e. The van der Waals surface area contributed by atoms with Crippen molar-refractivity contribution < 1.29 is 18.3 Å². The Morgan fingerprint density at radius 2 is 1.70 bits per heavy atom. The number of nitrogens with zero attached hydrogens (tertiary/aromatic N) is 3. The van der Waals surface area contributed by atoms with E-state index in [1.807, 2.05) is 0 Å². The van der Waals surface area contributed by atoms with Crippen LogP contribution in [0, 0.1) is 20.2 Å². The Labute approximate surface area is 193 Å². The second-order valence-electron chi connectivity index (χ2n) is 6.67. The zero-order chi connectivity index (χ0) is 24.2. The van der Waals surface area contributed by atoms with Crippen LogP contribution < -0.4 is 10.1 Å². The molecule has 0 amide bonds. The number of rotatable bonds is 8. The summed E-state index contributed by atoms with van der Waals surface area (Å²) in [7, 11) is -4.13. The molecule has 11 nitrogen and oxygen atoms in total. The van der Waals surface area contributed by atoms with E-state index in [0.717, 1.165) is 6.07 Å². The standard InChI is InChI=1S/C20H16ClN5O6S/c1-13(14-4-2-7-17(10-14)25(27)28)22-23-19-9-8-18(12-20(19)26(29)30)33(31,32)24-16-6-3-5-15(21)11-16/h2-12,23-24H,1H3/b22-13+. The van der Waals surface area contributed by atoms with Gasteiger partial charge in [-0.3, -0.25) is 30.4 Å². The Morgan fingerprint density at radius 3 is 2.36 bits per heavy atom. The number of benzene rings is 3. The zero-order valence-corrected chi connectivity index (χ0v) is 18.5. The number of halogens is 1. The van der Waals surface area contributed by atoms with Crippen molar-refractivity contribution in [3.8, 4) is 0 Å². The van der Waals surface area contributed by atoms with E-state index in [1.54, 1.807) is 25.1 Å². The zero-order valence-electron chi connectivity index (χ0n) is 16.9. The normalized spacial score (nSPS) is 11.6. The molecule has 0 bridgehead atoms. The van der Waals surface area contributed by atoms with Crippen LogP contribution in [-0.4, -0.2) is 24.0 Å². The van der Waals surface area contributed by atoms with Crippen LogP contribution in [0.1, 0.15) is 12.5 Å².